The minimum Gasteiger partial charge on any atom is -0.459 e. The second-order valence-corrected chi connectivity index (χ2v) is 26.4. The van der Waals surface area contributed by atoms with Crippen molar-refractivity contribution in [2.24, 2.45) is 56.9 Å². The van der Waals surface area contributed by atoms with Gasteiger partial charge in [0.15, 0.2) is 0 Å². The van der Waals surface area contributed by atoms with Crippen LogP contribution >= 0.6 is 0 Å². The van der Waals surface area contributed by atoms with Crippen LogP contribution in [0.2, 0.25) is 0 Å². The van der Waals surface area contributed by atoms with Gasteiger partial charge in [0, 0.05) is 81.5 Å². The molecule has 6 rings (SSSR count). The van der Waals surface area contributed by atoms with Crippen molar-refractivity contribution in [3.63, 3.8) is 0 Å². The number of ether oxygens (including phenoxy) is 2. The molecular formula is C56H94N8O7. The van der Waals surface area contributed by atoms with Crippen LogP contribution in [0.4, 0.5) is 5.69 Å². The summed E-state index contributed by atoms with van der Waals surface area (Å²) in [5.41, 5.74) is 9.59. The number of nitrogens with zero attached hydrogens (tertiary/aromatic N) is 6. The summed E-state index contributed by atoms with van der Waals surface area (Å²) in [6, 6.07) is 7.93. The maximum absolute atomic E-state index is 13.6. The van der Waals surface area contributed by atoms with E-state index in [1.165, 1.54) is 0 Å². The summed E-state index contributed by atoms with van der Waals surface area (Å²) in [7, 11) is 0. The Labute approximate surface area is 426 Å². The Bertz CT molecular complexity index is 1990. The molecule has 0 radical (unpaired) electrons. The number of benzene rings is 1. The van der Waals surface area contributed by atoms with Gasteiger partial charge in [-0.2, -0.15) is 0 Å². The summed E-state index contributed by atoms with van der Waals surface area (Å²) >= 11 is 0. The molecule has 5 fully saturated rings. The summed E-state index contributed by atoms with van der Waals surface area (Å²) in [5, 5.41) is 34.7. The fraction of sp³-hybridized carbons (Fsp3) is 0.839. The van der Waals surface area contributed by atoms with E-state index in [1.807, 2.05) is 53.7 Å². The molecule has 1 aliphatic heterocycles. The number of fused-ring (bicyclic) bond motifs is 5. The Balaban J connectivity index is 1.06. The molecule has 400 valence electrons. The van der Waals surface area contributed by atoms with Gasteiger partial charge in [0.05, 0.1) is 25.3 Å². The highest BCUT2D eigenvalue weighted by atomic mass is 16.6. The highest BCUT2D eigenvalue weighted by Gasteiger charge is 2.65. The van der Waals surface area contributed by atoms with Crippen LogP contribution in [-0.4, -0.2) is 144 Å². The molecule has 1 aromatic rings. The van der Waals surface area contributed by atoms with E-state index in [9.17, 15) is 24.6 Å². The first kappa shape index (κ1) is 57.0. The number of carbonyl (C=O) groups is 3. The number of hydrogen-bond donors (Lipinski definition) is 4. The van der Waals surface area contributed by atoms with E-state index in [0.29, 0.717) is 32.4 Å². The summed E-state index contributed by atoms with van der Waals surface area (Å²) in [6.07, 6.45) is 6.92. The molecule has 1 aromatic carbocycles. The number of azide groups is 1. The number of anilines is 1. The van der Waals surface area contributed by atoms with Crippen molar-refractivity contribution in [3.05, 3.63) is 40.3 Å². The average molecular weight is 991 g/mol. The van der Waals surface area contributed by atoms with Crippen LogP contribution in [0.25, 0.3) is 10.4 Å². The topological polar surface area (TPSA) is 193 Å². The Morgan fingerprint density at radius 3 is 2.07 bits per heavy atom. The van der Waals surface area contributed by atoms with Crippen molar-refractivity contribution >= 4 is 23.5 Å². The van der Waals surface area contributed by atoms with E-state index in [4.69, 9.17) is 15.0 Å². The van der Waals surface area contributed by atoms with E-state index >= 15 is 0 Å². The summed E-state index contributed by atoms with van der Waals surface area (Å²) in [4.78, 5) is 49.8. The smallest absolute Gasteiger partial charge is 0.320 e. The van der Waals surface area contributed by atoms with Crippen LogP contribution in [0, 0.1) is 51.8 Å². The van der Waals surface area contributed by atoms with Crippen molar-refractivity contribution in [1.82, 2.24) is 20.0 Å². The third-order valence-corrected chi connectivity index (χ3v) is 17.4. The number of nitrogens with one attached hydrogen (secondary N) is 2. The monoisotopic (exact) mass is 991 g/mol. The predicted octanol–water partition coefficient (Wildman–Crippen LogP) is 8.47. The molecule has 15 nitrogen and oxygen atoms in total. The first-order valence-electron chi connectivity index (χ1n) is 27.3. The van der Waals surface area contributed by atoms with Gasteiger partial charge in [-0.05, 0) is 174 Å². The molecule has 0 spiro atoms. The highest BCUT2D eigenvalue weighted by molar-refractivity contribution is 5.90. The van der Waals surface area contributed by atoms with Crippen LogP contribution in [0.15, 0.2) is 29.4 Å². The number of hydrogen-bond acceptors (Lipinski definition) is 12. The fourth-order valence-electron chi connectivity index (χ4n) is 14.1. The number of rotatable bonds is 16. The van der Waals surface area contributed by atoms with Gasteiger partial charge in [0.25, 0.3) is 0 Å². The Morgan fingerprint density at radius 2 is 1.45 bits per heavy atom. The van der Waals surface area contributed by atoms with Crippen molar-refractivity contribution in [1.29, 1.82) is 0 Å². The molecule has 15 heteroatoms. The number of carbonyl (C=O) groups excluding carboxylic acids is 3. The highest BCUT2D eigenvalue weighted by Crippen LogP contribution is 2.68. The lowest BCUT2D eigenvalue weighted by molar-refractivity contribution is -0.202. The number of aliphatic hydroxyl groups is 2. The van der Waals surface area contributed by atoms with Crippen LogP contribution in [0.5, 0.6) is 0 Å². The third-order valence-electron chi connectivity index (χ3n) is 17.4. The van der Waals surface area contributed by atoms with Gasteiger partial charge in [-0.1, -0.05) is 58.8 Å². The van der Waals surface area contributed by atoms with Gasteiger partial charge < -0.3 is 35.2 Å². The van der Waals surface area contributed by atoms with Gasteiger partial charge >= 0.3 is 11.9 Å². The van der Waals surface area contributed by atoms with Crippen molar-refractivity contribution < 1.29 is 34.1 Å². The predicted molar refractivity (Wildman–Crippen MR) is 280 cm³/mol. The van der Waals surface area contributed by atoms with E-state index in [0.717, 1.165) is 95.5 Å². The number of aliphatic hydroxyl groups excluding tert-OH is 2. The van der Waals surface area contributed by atoms with Crippen LogP contribution in [0.3, 0.4) is 0 Å². The van der Waals surface area contributed by atoms with E-state index in [-0.39, 0.29) is 94.8 Å². The summed E-state index contributed by atoms with van der Waals surface area (Å²) in [5.74, 6) is 0.844. The van der Waals surface area contributed by atoms with Crippen molar-refractivity contribution in [3.8, 4) is 0 Å². The van der Waals surface area contributed by atoms with E-state index < -0.39 is 23.4 Å². The van der Waals surface area contributed by atoms with E-state index in [2.05, 4.69) is 89.0 Å². The van der Waals surface area contributed by atoms with Crippen LogP contribution in [-0.2, 0) is 30.3 Å². The largest absolute Gasteiger partial charge is 0.459 e. The van der Waals surface area contributed by atoms with Crippen molar-refractivity contribution in [2.75, 3.05) is 70.8 Å². The maximum atomic E-state index is 13.6. The molecule has 1 amide bonds. The first-order valence-corrected chi connectivity index (χ1v) is 27.3. The van der Waals surface area contributed by atoms with Gasteiger partial charge in [-0.15, -0.1) is 0 Å². The molecule has 71 heavy (non-hydrogen) atoms. The molecule has 5 aliphatic rings. The Hall–Kier alpha value is -3.30. The first-order chi connectivity index (χ1) is 33.2. The summed E-state index contributed by atoms with van der Waals surface area (Å²) < 4.78 is 11.4. The molecule has 4 aliphatic carbocycles. The average Bonchev–Trinajstić information content (AvgIpc) is 3.65. The quantitative estimate of drug-likeness (QED) is 0.0538. The molecule has 12 atom stereocenters. The molecule has 5 unspecified atom stereocenters. The lowest BCUT2D eigenvalue weighted by Crippen LogP contribution is -2.62. The van der Waals surface area contributed by atoms with Crippen LogP contribution in [0.1, 0.15) is 146 Å². The standard InChI is InChI=1S/C56H94N8O7/c1-37(43-18-19-44-51-45(32-47(66)56(43,44)12)55(11)22-21-41(60-61-57)30-39(55)31-46(51)65)13-20-48(67)59-40-16-14-38(15-17-40)29-42(58-33-49(68)70-53(5,6)7)34-62-23-24-63(35-50(69)71-54(8,9)10)26-28-64(27-25-62)36-52(2,3)4/h14-17,37,39,41-47,51,58,65-66H,13,18-36H2,1-12H3,(H,59,67)/t37?,39-,41+,42?,43+,44?,45?,46+,47-,51?,55-,56+/m0/s1. The molecule has 0 aromatic heterocycles. The van der Waals surface area contributed by atoms with Gasteiger partial charge in [-0.25, -0.2) is 0 Å². The fourth-order valence-corrected chi connectivity index (χ4v) is 14.1. The molecule has 0 bridgehead atoms. The second kappa shape index (κ2) is 23.5. The third kappa shape index (κ3) is 15.4. The van der Waals surface area contributed by atoms with E-state index in [1.54, 1.807) is 0 Å². The summed E-state index contributed by atoms with van der Waals surface area (Å²) in [6.45, 7) is 31.7. The lowest BCUT2D eigenvalue weighted by atomic mass is 9.43. The zero-order chi connectivity index (χ0) is 52.1. The van der Waals surface area contributed by atoms with Gasteiger partial charge in [-0.3, -0.25) is 24.2 Å². The van der Waals surface area contributed by atoms with Crippen LogP contribution < -0.4 is 10.6 Å². The molecule has 4 N–H and O–H groups in total. The zero-order valence-corrected chi connectivity index (χ0v) is 45.8. The maximum Gasteiger partial charge on any atom is 0.320 e. The zero-order valence-electron chi connectivity index (χ0n) is 45.8. The van der Waals surface area contributed by atoms with Crippen molar-refractivity contribution in [2.45, 2.75) is 183 Å². The normalized spacial score (nSPS) is 32.1. The lowest BCUT2D eigenvalue weighted by Gasteiger charge is -2.63. The minimum absolute atomic E-state index is 0.0115. The SMILES string of the molecule is CC(CCC(=O)Nc1ccc(CC(CN2CCN(CC(=O)OC(C)(C)C)CCN(CC(C)(C)C)CC2)NCC(=O)OC(C)(C)C)cc1)[C@H]1CCC2C3C(C[C@H](O)[C@@]21C)[C@@]1(C)CC[C@@H](N=[N+]=[N-])C[C@H]1C[C@H]3O. The van der Waals surface area contributed by atoms with Gasteiger partial charge in [0.2, 0.25) is 5.91 Å². The molecule has 4 saturated carbocycles. The number of amides is 1. The molecule has 1 saturated heterocycles. The van der Waals surface area contributed by atoms with Gasteiger partial charge in [0.1, 0.15) is 11.2 Å². The molecular weight excluding hydrogens is 897 g/mol. The number of esters is 2. The molecule has 1 heterocycles. The second-order valence-electron chi connectivity index (χ2n) is 26.4. The minimum atomic E-state index is -0.596. The Kier molecular flexibility index (Phi) is 18.9. The Morgan fingerprint density at radius 1 is 0.831 bits per heavy atom.